The minimum atomic E-state index is 0.621. The van der Waals surface area contributed by atoms with Crippen LogP contribution >= 0.6 is 0 Å². The lowest BCUT2D eigenvalue weighted by Gasteiger charge is -2.36. The number of nitrogens with one attached hydrogen (secondary N) is 1. The summed E-state index contributed by atoms with van der Waals surface area (Å²) >= 11 is 0. The van der Waals surface area contributed by atoms with Crippen LogP contribution in [-0.2, 0) is 4.74 Å². The number of hydrogen-bond donors (Lipinski definition) is 1. The first kappa shape index (κ1) is 15.3. The van der Waals surface area contributed by atoms with Crippen molar-refractivity contribution in [2.75, 3.05) is 26.9 Å². The van der Waals surface area contributed by atoms with E-state index in [0.717, 1.165) is 25.5 Å². The molecule has 1 aliphatic carbocycles. The lowest BCUT2D eigenvalue weighted by Crippen LogP contribution is -2.41. The van der Waals surface area contributed by atoms with Gasteiger partial charge in [0.2, 0.25) is 0 Å². The van der Waals surface area contributed by atoms with E-state index in [1.54, 1.807) is 7.11 Å². The zero-order valence-electron chi connectivity index (χ0n) is 12.9. The molecule has 1 N–H and O–H groups in total. The first-order chi connectivity index (χ1) is 9.69. The maximum absolute atomic E-state index is 5.58. The molecule has 0 unspecified atom stereocenters. The summed E-state index contributed by atoms with van der Waals surface area (Å²) < 4.78 is 10.9. The molecule has 0 saturated heterocycles. The van der Waals surface area contributed by atoms with Crippen LogP contribution < -0.4 is 10.1 Å². The molecule has 1 aromatic rings. The molecular weight excluding hydrogens is 250 g/mol. The molecule has 0 amide bonds. The summed E-state index contributed by atoms with van der Waals surface area (Å²) in [6.45, 7) is 7.00. The van der Waals surface area contributed by atoms with E-state index in [4.69, 9.17) is 9.47 Å². The Bertz CT molecular complexity index is 400. The normalized spacial score (nSPS) is 21.8. The minimum Gasteiger partial charge on any atom is -0.497 e. The van der Waals surface area contributed by atoms with Crippen LogP contribution in [0.3, 0.4) is 0 Å². The van der Waals surface area contributed by atoms with Gasteiger partial charge in [-0.05, 0) is 42.4 Å². The maximum atomic E-state index is 5.58. The summed E-state index contributed by atoms with van der Waals surface area (Å²) in [7, 11) is 1.72. The minimum absolute atomic E-state index is 0.621. The van der Waals surface area contributed by atoms with Gasteiger partial charge in [-0.15, -0.1) is 0 Å². The molecule has 0 aromatic heterocycles. The van der Waals surface area contributed by atoms with Gasteiger partial charge in [0.25, 0.3) is 0 Å². The maximum Gasteiger partial charge on any atom is 0.119 e. The van der Waals surface area contributed by atoms with Crippen LogP contribution in [0.1, 0.15) is 38.2 Å². The average Bonchev–Trinajstić information content (AvgIpc) is 2.40. The Labute approximate surface area is 122 Å². The highest BCUT2D eigenvalue weighted by atomic mass is 16.5. The second kappa shape index (κ2) is 7.65. The Morgan fingerprint density at radius 3 is 2.80 bits per heavy atom. The van der Waals surface area contributed by atoms with Gasteiger partial charge in [-0.1, -0.05) is 26.0 Å². The summed E-state index contributed by atoms with van der Waals surface area (Å²) in [5, 5.41) is 3.56. The van der Waals surface area contributed by atoms with Crippen LogP contribution in [0.2, 0.25) is 0 Å². The van der Waals surface area contributed by atoms with Crippen molar-refractivity contribution >= 4 is 0 Å². The highest BCUT2D eigenvalue weighted by Gasteiger charge is 2.29. The molecule has 0 bridgehead atoms. The van der Waals surface area contributed by atoms with Gasteiger partial charge in [0, 0.05) is 19.2 Å². The molecule has 0 radical (unpaired) electrons. The SMILES string of the molecule is COc1cccc(C2CC(NCCOCC(C)C)C2)c1. The van der Waals surface area contributed by atoms with Crippen LogP contribution in [0.5, 0.6) is 5.75 Å². The first-order valence-electron chi connectivity index (χ1n) is 7.64. The molecule has 0 aliphatic heterocycles. The summed E-state index contributed by atoms with van der Waals surface area (Å²) in [6, 6.07) is 9.09. The second-order valence-electron chi connectivity index (χ2n) is 6.06. The van der Waals surface area contributed by atoms with Crippen LogP contribution in [-0.4, -0.2) is 32.9 Å². The van der Waals surface area contributed by atoms with Gasteiger partial charge >= 0.3 is 0 Å². The molecule has 1 fully saturated rings. The summed E-state index contributed by atoms with van der Waals surface area (Å²) in [4.78, 5) is 0. The monoisotopic (exact) mass is 277 g/mol. The summed E-state index contributed by atoms with van der Waals surface area (Å²) in [5.74, 6) is 2.26. The Morgan fingerprint density at radius 2 is 2.10 bits per heavy atom. The molecule has 0 spiro atoms. The second-order valence-corrected chi connectivity index (χ2v) is 6.06. The topological polar surface area (TPSA) is 30.5 Å². The van der Waals surface area contributed by atoms with E-state index in [1.807, 2.05) is 6.07 Å². The fourth-order valence-corrected chi connectivity index (χ4v) is 2.61. The van der Waals surface area contributed by atoms with Gasteiger partial charge in [0.05, 0.1) is 13.7 Å². The highest BCUT2D eigenvalue weighted by molar-refractivity contribution is 5.32. The smallest absolute Gasteiger partial charge is 0.119 e. The van der Waals surface area contributed by atoms with Gasteiger partial charge < -0.3 is 14.8 Å². The van der Waals surface area contributed by atoms with Crippen LogP contribution in [0.15, 0.2) is 24.3 Å². The van der Waals surface area contributed by atoms with Crippen molar-refractivity contribution in [2.24, 2.45) is 5.92 Å². The zero-order valence-corrected chi connectivity index (χ0v) is 12.9. The Balaban J connectivity index is 1.62. The lowest BCUT2D eigenvalue weighted by atomic mass is 9.76. The van der Waals surface area contributed by atoms with Gasteiger partial charge in [0.1, 0.15) is 5.75 Å². The van der Waals surface area contributed by atoms with Crippen molar-refractivity contribution in [1.82, 2.24) is 5.32 Å². The standard InChI is InChI=1S/C17H27NO2/c1-13(2)12-20-8-7-18-16-9-15(10-16)14-5-4-6-17(11-14)19-3/h4-6,11,13,15-16,18H,7-10,12H2,1-3H3. The Morgan fingerprint density at radius 1 is 1.30 bits per heavy atom. The van der Waals surface area contributed by atoms with Gasteiger partial charge in [-0.25, -0.2) is 0 Å². The Hall–Kier alpha value is -1.06. The van der Waals surface area contributed by atoms with E-state index in [1.165, 1.54) is 18.4 Å². The molecular formula is C17H27NO2. The van der Waals surface area contributed by atoms with Crippen molar-refractivity contribution in [2.45, 2.75) is 38.6 Å². The molecule has 2 rings (SSSR count). The van der Waals surface area contributed by atoms with Crippen molar-refractivity contribution in [1.29, 1.82) is 0 Å². The quantitative estimate of drug-likeness (QED) is 0.740. The largest absolute Gasteiger partial charge is 0.497 e. The van der Waals surface area contributed by atoms with Gasteiger partial charge in [-0.2, -0.15) is 0 Å². The fraction of sp³-hybridized carbons (Fsp3) is 0.647. The molecule has 0 atom stereocenters. The van der Waals surface area contributed by atoms with E-state index in [0.29, 0.717) is 17.9 Å². The van der Waals surface area contributed by atoms with E-state index in [9.17, 15) is 0 Å². The van der Waals surface area contributed by atoms with E-state index in [-0.39, 0.29) is 0 Å². The van der Waals surface area contributed by atoms with Crippen LogP contribution in [0.25, 0.3) is 0 Å². The lowest BCUT2D eigenvalue weighted by molar-refractivity contribution is 0.106. The number of ether oxygens (including phenoxy) is 2. The predicted octanol–water partition coefficient (Wildman–Crippen LogP) is 3.20. The first-order valence-corrected chi connectivity index (χ1v) is 7.64. The molecule has 1 saturated carbocycles. The summed E-state index contributed by atoms with van der Waals surface area (Å²) in [6.07, 6.45) is 2.44. The van der Waals surface area contributed by atoms with Gasteiger partial charge in [0.15, 0.2) is 0 Å². The highest BCUT2D eigenvalue weighted by Crippen LogP contribution is 2.37. The third-order valence-electron chi connectivity index (χ3n) is 3.83. The van der Waals surface area contributed by atoms with E-state index < -0.39 is 0 Å². The molecule has 3 heteroatoms. The van der Waals surface area contributed by atoms with Crippen molar-refractivity contribution in [3.8, 4) is 5.75 Å². The van der Waals surface area contributed by atoms with E-state index in [2.05, 4.69) is 37.4 Å². The van der Waals surface area contributed by atoms with Gasteiger partial charge in [-0.3, -0.25) is 0 Å². The van der Waals surface area contributed by atoms with Crippen LogP contribution in [0, 0.1) is 5.92 Å². The zero-order chi connectivity index (χ0) is 14.4. The Kier molecular flexibility index (Phi) is 5.86. The third-order valence-corrected chi connectivity index (χ3v) is 3.83. The number of hydrogen-bond acceptors (Lipinski definition) is 3. The molecule has 112 valence electrons. The number of benzene rings is 1. The molecule has 3 nitrogen and oxygen atoms in total. The molecule has 1 aromatic carbocycles. The van der Waals surface area contributed by atoms with E-state index >= 15 is 0 Å². The van der Waals surface area contributed by atoms with Crippen molar-refractivity contribution in [3.63, 3.8) is 0 Å². The van der Waals surface area contributed by atoms with Crippen molar-refractivity contribution in [3.05, 3.63) is 29.8 Å². The average molecular weight is 277 g/mol. The molecule has 1 aliphatic rings. The molecule has 20 heavy (non-hydrogen) atoms. The predicted molar refractivity (Wildman–Crippen MR) is 82.4 cm³/mol. The van der Waals surface area contributed by atoms with Crippen molar-refractivity contribution < 1.29 is 9.47 Å². The van der Waals surface area contributed by atoms with Crippen LogP contribution in [0.4, 0.5) is 0 Å². The summed E-state index contributed by atoms with van der Waals surface area (Å²) in [5.41, 5.74) is 1.40. The number of rotatable bonds is 8. The molecule has 0 heterocycles. The third kappa shape index (κ3) is 4.50. The number of methoxy groups -OCH3 is 1. The fourth-order valence-electron chi connectivity index (χ4n) is 2.61.